The van der Waals surface area contributed by atoms with Crippen LogP contribution in [0.4, 0.5) is 5.82 Å². The molecule has 2 N–H and O–H groups in total. The van der Waals surface area contributed by atoms with Gasteiger partial charge in [0.1, 0.15) is 11.4 Å². The summed E-state index contributed by atoms with van der Waals surface area (Å²) in [6.45, 7) is 12.1. The molecule has 196 valence electrons. The van der Waals surface area contributed by atoms with E-state index in [1.807, 2.05) is 48.9 Å². The molecule has 0 aliphatic carbocycles. The molecule has 2 aromatic carbocycles. The first kappa shape index (κ1) is 26.5. The van der Waals surface area contributed by atoms with Crippen LogP contribution in [0.25, 0.3) is 0 Å². The number of anilines is 1. The number of benzene rings is 2. The molecule has 1 amide bonds. The molecule has 0 spiro atoms. The first-order valence-electron chi connectivity index (χ1n) is 13.1. The molecule has 0 radical (unpaired) electrons. The number of carbonyl (C=O) groups excluding carboxylic acids is 2. The van der Waals surface area contributed by atoms with E-state index in [2.05, 4.69) is 55.6 Å². The van der Waals surface area contributed by atoms with Crippen LogP contribution in [0.3, 0.4) is 0 Å². The fourth-order valence-corrected chi connectivity index (χ4v) is 5.20. The first-order valence-corrected chi connectivity index (χ1v) is 13.1. The molecule has 1 atom stereocenters. The Hall–Kier alpha value is -3.61. The molecule has 7 nitrogen and oxygen atoms in total. The summed E-state index contributed by atoms with van der Waals surface area (Å²) in [4.78, 5) is 26.1. The largest absolute Gasteiger partial charge is 0.459 e. The third-order valence-electron chi connectivity index (χ3n) is 7.38. The van der Waals surface area contributed by atoms with Gasteiger partial charge in [-0.25, -0.2) is 9.48 Å². The van der Waals surface area contributed by atoms with E-state index in [4.69, 9.17) is 4.74 Å². The van der Waals surface area contributed by atoms with E-state index >= 15 is 0 Å². The van der Waals surface area contributed by atoms with Gasteiger partial charge in [0.25, 0.3) is 5.91 Å². The number of carbonyl (C=O) groups is 2. The minimum atomic E-state index is -0.588. The third-order valence-corrected chi connectivity index (χ3v) is 7.38. The number of nitrogens with one attached hydrogen (secondary N) is 2. The molecule has 37 heavy (non-hydrogen) atoms. The van der Waals surface area contributed by atoms with Crippen molar-refractivity contribution in [1.29, 1.82) is 0 Å². The second-order valence-corrected chi connectivity index (χ2v) is 10.7. The lowest BCUT2D eigenvalue weighted by atomic mass is 9.84. The highest BCUT2D eigenvalue weighted by molar-refractivity contribution is 5.99. The molecular weight excluding hydrogens is 464 g/mol. The number of amides is 1. The van der Waals surface area contributed by atoms with Crippen LogP contribution in [0.2, 0.25) is 0 Å². The maximum atomic E-state index is 13.8. The highest BCUT2D eigenvalue weighted by atomic mass is 16.5. The third kappa shape index (κ3) is 5.26. The van der Waals surface area contributed by atoms with Crippen LogP contribution in [0.15, 0.2) is 60.8 Å². The molecule has 1 aromatic heterocycles. The molecule has 0 fully saturated rings. The van der Waals surface area contributed by atoms with Crippen LogP contribution >= 0.6 is 0 Å². The summed E-state index contributed by atoms with van der Waals surface area (Å²) in [5.41, 5.74) is 2.30. The lowest BCUT2D eigenvalue weighted by Crippen LogP contribution is -2.45. The first-order chi connectivity index (χ1) is 17.6. The Morgan fingerprint density at radius 1 is 1.11 bits per heavy atom. The molecule has 0 bridgehead atoms. The summed E-state index contributed by atoms with van der Waals surface area (Å²) in [7, 11) is 0. The molecule has 1 unspecified atom stereocenters. The van der Waals surface area contributed by atoms with Gasteiger partial charge in [0.05, 0.1) is 35.0 Å². The summed E-state index contributed by atoms with van der Waals surface area (Å²) in [5, 5.41) is 11.5. The van der Waals surface area contributed by atoms with Gasteiger partial charge in [-0.05, 0) is 70.2 Å². The Morgan fingerprint density at radius 2 is 1.76 bits per heavy atom. The van der Waals surface area contributed by atoms with Gasteiger partial charge in [0.2, 0.25) is 0 Å². The number of fused-ring (bicyclic) bond motifs is 1. The number of aromatic nitrogens is 2. The molecule has 2 heterocycles. The van der Waals surface area contributed by atoms with E-state index in [1.165, 1.54) is 5.56 Å². The van der Waals surface area contributed by atoms with Crippen molar-refractivity contribution >= 4 is 17.7 Å². The van der Waals surface area contributed by atoms with Crippen molar-refractivity contribution in [3.8, 4) is 0 Å². The normalized spacial score (nSPS) is 16.6. The molecule has 0 saturated heterocycles. The fourth-order valence-electron chi connectivity index (χ4n) is 5.20. The van der Waals surface area contributed by atoms with Crippen LogP contribution in [0, 0.1) is 0 Å². The lowest BCUT2D eigenvalue weighted by Gasteiger charge is -2.38. The smallest absolute Gasteiger partial charge is 0.338 e. The molecule has 1 aliphatic heterocycles. The zero-order chi connectivity index (χ0) is 26.8. The van der Waals surface area contributed by atoms with Gasteiger partial charge in [-0.1, -0.05) is 56.3 Å². The predicted octanol–water partition coefficient (Wildman–Crippen LogP) is 6.19. The van der Waals surface area contributed by atoms with Crippen LogP contribution in [0.1, 0.15) is 98.7 Å². The van der Waals surface area contributed by atoms with Crippen molar-refractivity contribution in [2.24, 2.45) is 0 Å². The number of hydrogen-bond acceptors (Lipinski definition) is 5. The predicted molar refractivity (Wildman–Crippen MR) is 146 cm³/mol. The molecule has 3 aromatic rings. The molecule has 4 rings (SSSR count). The van der Waals surface area contributed by atoms with E-state index in [-0.39, 0.29) is 29.6 Å². The molecule has 1 aliphatic rings. The highest BCUT2D eigenvalue weighted by Crippen LogP contribution is 2.40. The van der Waals surface area contributed by atoms with E-state index in [0.29, 0.717) is 24.0 Å². The van der Waals surface area contributed by atoms with Crippen molar-refractivity contribution in [2.45, 2.75) is 84.0 Å². The maximum Gasteiger partial charge on any atom is 0.338 e. The lowest BCUT2D eigenvalue weighted by molar-refractivity contribution is 0.0377. The second kappa shape index (κ2) is 10.4. The second-order valence-electron chi connectivity index (χ2n) is 10.7. The van der Waals surface area contributed by atoms with Crippen molar-refractivity contribution in [3.63, 3.8) is 0 Å². The van der Waals surface area contributed by atoms with Gasteiger partial charge >= 0.3 is 5.97 Å². The zero-order valence-corrected chi connectivity index (χ0v) is 22.7. The van der Waals surface area contributed by atoms with Gasteiger partial charge in [0.15, 0.2) is 0 Å². The quantitative estimate of drug-likeness (QED) is 0.359. The Balaban J connectivity index is 1.61. The van der Waals surface area contributed by atoms with E-state index in [9.17, 15) is 9.59 Å². The van der Waals surface area contributed by atoms with Gasteiger partial charge < -0.3 is 15.4 Å². The summed E-state index contributed by atoms with van der Waals surface area (Å²) >= 11 is 0. The Bertz CT molecular complexity index is 1240. The van der Waals surface area contributed by atoms with Gasteiger partial charge in [-0.3, -0.25) is 4.79 Å². The van der Waals surface area contributed by atoms with Crippen LogP contribution in [-0.4, -0.2) is 27.8 Å². The summed E-state index contributed by atoms with van der Waals surface area (Å²) < 4.78 is 7.24. The molecule has 0 saturated carbocycles. The van der Waals surface area contributed by atoms with Crippen molar-refractivity contribution in [1.82, 2.24) is 15.1 Å². The SMILES string of the molecule is CCC(CC)(NC(=O)c1cnn2c1NC(c1ccccc1)CC2(C)C)c1ccc(C(=O)OC(C)C)cc1. The monoisotopic (exact) mass is 502 g/mol. The van der Waals surface area contributed by atoms with Gasteiger partial charge in [-0.15, -0.1) is 0 Å². The molecular formula is C30H38N4O3. The Kier molecular flexibility index (Phi) is 7.44. The minimum absolute atomic E-state index is 0.0761. The number of nitrogens with zero attached hydrogens (tertiary/aromatic N) is 2. The number of esters is 1. The van der Waals surface area contributed by atoms with Crippen molar-refractivity contribution < 1.29 is 14.3 Å². The van der Waals surface area contributed by atoms with Crippen LogP contribution < -0.4 is 10.6 Å². The summed E-state index contributed by atoms with van der Waals surface area (Å²) in [5.74, 6) is 0.207. The maximum absolute atomic E-state index is 13.8. The number of rotatable bonds is 8. The van der Waals surface area contributed by atoms with E-state index in [0.717, 1.165) is 17.8 Å². The van der Waals surface area contributed by atoms with Gasteiger partial charge in [0, 0.05) is 0 Å². The number of ether oxygens (including phenoxy) is 1. The van der Waals surface area contributed by atoms with Gasteiger partial charge in [-0.2, -0.15) is 5.10 Å². The topological polar surface area (TPSA) is 85.3 Å². The van der Waals surface area contributed by atoms with Crippen molar-refractivity contribution in [3.05, 3.63) is 83.0 Å². The summed E-state index contributed by atoms with van der Waals surface area (Å²) in [6, 6.07) is 17.7. The number of hydrogen-bond donors (Lipinski definition) is 2. The standard InChI is InChI=1S/C30H38N4O3/c1-7-30(8-2,23-16-14-22(15-17-23)28(36)37-20(3)4)33-27(35)24-19-31-34-26(24)32-25(18-29(34,5)6)21-12-10-9-11-13-21/h9-17,19-20,25,32H,7-8,18H2,1-6H3,(H,33,35). The Labute approximate surface area is 219 Å². The Morgan fingerprint density at radius 3 is 2.35 bits per heavy atom. The van der Waals surface area contributed by atoms with E-state index in [1.54, 1.807) is 18.3 Å². The average molecular weight is 503 g/mol. The van der Waals surface area contributed by atoms with Crippen LogP contribution in [-0.2, 0) is 15.8 Å². The average Bonchev–Trinajstić information content (AvgIpc) is 3.33. The minimum Gasteiger partial charge on any atom is -0.459 e. The van der Waals surface area contributed by atoms with Crippen LogP contribution in [0.5, 0.6) is 0 Å². The van der Waals surface area contributed by atoms with Crippen molar-refractivity contribution in [2.75, 3.05) is 5.32 Å². The van der Waals surface area contributed by atoms with E-state index < -0.39 is 5.54 Å². The fraction of sp³-hybridized carbons (Fsp3) is 0.433. The molecule has 7 heteroatoms. The zero-order valence-electron chi connectivity index (χ0n) is 22.7. The summed E-state index contributed by atoms with van der Waals surface area (Å²) in [6.07, 6.45) is 3.72. The highest BCUT2D eigenvalue weighted by Gasteiger charge is 2.38.